The molecule has 3 N–H and O–H groups in total. The van der Waals surface area contributed by atoms with E-state index in [0.717, 1.165) is 0 Å². The third kappa shape index (κ3) is 5.77. The lowest BCUT2D eigenvalue weighted by molar-refractivity contribution is -0.155. The molecule has 0 saturated carbocycles. The lowest BCUT2D eigenvalue weighted by Gasteiger charge is -2.19. The number of hydrogen-bond donors (Lipinski definition) is 2. The zero-order valence-corrected chi connectivity index (χ0v) is 14.7. The van der Waals surface area contributed by atoms with Gasteiger partial charge < -0.3 is 20.5 Å². The molecule has 7 nitrogen and oxygen atoms in total. The van der Waals surface area contributed by atoms with Gasteiger partial charge in [-0.05, 0) is 37.5 Å². The SMILES string of the molecule is COc1ccccc1C(=O)N[C@H](CCSC)C(=O)O[C@H](C)C(N)=O. The van der Waals surface area contributed by atoms with Gasteiger partial charge in [-0.25, -0.2) is 4.79 Å². The molecule has 0 heterocycles. The summed E-state index contributed by atoms with van der Waals surface area (Å²) in [6.07, 6.45) is 1.19. The van der Waals surface area contributed by atoms with Crippen LogP contribution in [0.5, 0.6) is 5.75 Å². The summed E-state index contributed by atoms with van der Waals surface area (Å²) in [5.41, 5.74) is 5.40. The maximum absolute atomic E-state index is 12.4. The molecule has 0 spiro atoms. The van der Waals surface area contributed by atoms with Gasteiger partial charge in [-0.1, -0.05) is 12.1 Å². The highest BCUT2D eigenvalue weighted by molar-refractivity contribution is 7.98. The molecule has 0 aliphatic rings. The molecule has 1 aromatic carbocycles. The van der Waals surface area contributed by atoms with Crippen LogP contribution in [0.25, 0.3) is 0 Å². The molecule has 0 unspecified atom stereocenters. The fourth-order valence-corrected chi connectivity index (χ4v) is 2.34. The Morgan fingerprint density at radius 3 is 2.54 bits per heavy atom. The number of nitrogens with one attached hydrogen (secondary N) is 1. The van der Waals surface area contributed by atoms with Crippen molar-refractivity contribution in [2.75, 3.05) is 19.1 Å². The van der Waals surface area contributed by atoms with Gasteiger partial charge in [0.15, 0.2) is 6.10 Å². The van der Waals surface area contributed by atoms with Crippen LogP contribution in [0, 0.1) is 0 Å². The average molecular weight is 354 g/mol. The van der Waals surface area contributed by atoms with Crippen LogP contribution in [0.3, 0.4) is 0 Å². The number of hydrogen-bond acceptors (Lipinski definition) is 6. The third-order valence-corrected chi connectivity index (χ3v) is 3.89. The molecule has 2 amide bonds. The molecule has 132 valence electrons. The third-order valence-electron chi connectivity index (χ3n) is 3.25. The van der Waals surface area contributed by atoms with Gasteiger partial charge in [-0.2, -0.15) is 11.8 Å². The van der Waals surface area contributed by atoms with Crippen molar-refractivity contribution in [2.24, 2.45) is 5.73 Å². The van der Waals surface area contributed by atoms with Crippen LogP contribution in [-0.2, 0) is 14.3 Å². The second kappa shape index (κ2) is 9.82. The van der Waals surface area contributed by atoms with Gasteiger partial charge in [0.2, 0.25) is 0 Å². The van der Waals surface area contributed by atoms with Gasteiger partial charge in [-0.15, -0.1) is 0 Å². The van der Waals surface area contributed by atoms with Gasteiger partial charge in [0, 0.05) is 0 Å². The monoisotopic (exact) mass is 354 g/mol. The Hall–Kier alpha value is -2.22. The van der Waals surface area contributed by atoms with Crippen LogP contribution in [0.4, 0.5) is 0 Å². The van der Waals surface area contributed by atoms with Crippen LogP contribution >= 0.6 is 11.8 Å². The first-order chi connectivity index (χ1) is 11.4. The number of benzene rings is 1. The molecule has 0 saturated heterocycles. The Morgan fingerprint density at radius 2 is 1.96 bits per heavy atom. The Labute approximate surface area is 145 Å². The predicted molar refractivity (Wildman–Crippen MR) is 92.0 cm³/mol. The number of primary amides is 1. The minimum absolute atomic E-state index is 0.310. The van der Waals surface area contributed by atoms with E-state index in [9.17, 15) is 14.4 Å². The van der Waals surface area contributed by atoms with Gasteiger partial charge >= 0.3 is 5.97 Å². The molecule has 0 aliphatic heterocycles. The van der Waals surface area contributed by atoms with Crippen molar-refractivity contribution in [2.45, 2.75) is 25.5 Å². The summed E-state index contributed by atoms with van der Waals surface area (Å²) in [4.78, 5) is 35.7. The normalized spacial score (nSPS) is 12.8. The smallest absolute Gasteiger partial charge is 0.329 e. The number of carbonyl (C=O) groups is 3. The highest BCUT2D eigenvalue weighted by atomic mass is 32.2. The number of ether oxygens (including phenoxy) is 2. The first kappa shape index (κ1) is 19.8. The fraction of sp³-hybridized carbons (Fsp3) is 0.438. The van der Waals surface area contributed by atoms with Gasteiger partial charge in [-0.3, -0.25) is 9.59 Å². The number of thioether (sulfide) groups is 1. The summed E-state index contributed by atoms with van der Waals surface area (Å²) in [5.74, 6) is -0.863. The minimum atomic E-state index is -1.06. The van der Waals surface area contributed by atoms with Crippen LogP contribution in [0.1, 0.15) is 23.7 Å². The Morgan fingerprint density at radius 1 is 1.29 bits per heavy atom. The highest BCUT2D eigenvalue weighted by Gasteiger charge is 2.26. The van der Waals surface area contributed by atoms with Crippen LogP contribution in [0.2, 0.25) is 0 Å². The highest BCUT2D eigenvalue weighted by Crippen LogP contribution is 2.17. The lowest BCUT2D eigenvalue weighted by Crippen LogP contribution is -2.44. The topological polar surface area (TPSA) is 108 Å². The molecule has 1 aromatic rings. The molecule has 2 atom stereocenters. The molecule has 0 fully saturated rings. The Balaban J connectivity index is 2.86. The van der Waals surface area contributed by atoms with Crippen molar-refractivity contribution in [3.8, 4) is 5.75 Å². The zero-order valence-electron chi connectivity index (χ0n) is 13.9. The van der Waals surface area contributed by atoms with Crippen molar-refractivity contribution in [1.82, 2.24) is 5.32 Å². The molecule has 0 bridgehead atoms. The van der Waals surface area contributed by atoms with E-state index in [1.807, 2.05) is 6.26 Å². The predicted octanol–water partition coefficient (Wildman–Crippen LogP) is 0.964. The summed E-state index contributed by atoms with van der Waals surface area (Å²) >= 11 is 1.53. The number of rotatable bonds is 9. The van der Waals surface area contributed by atoms with Crippen molar-refractivity contribution in [1.29, 1.82) is 0 Å². The summed E-state index contributed by atoms with van der Waals surface area (Å²) in [6.45, 7) is 1.38. The van der Waals surface area contributed by atoms with E-state index < -0.39 is 29.9 Å². The standard InChI is InChI=1S/C16H22N2O5S/c1-10(14(17)19)23-16(21)12(8-9-24-3)18-15(20)11-6-4-5-7-13(11)22-2/h4-7,10,12H,8-9H2,1-3H3,(H2,17,19)(H,18,20)/t10-,12-/m1/s1. The summed E-state index contributed by atoms with van der Waals surface area (Å²) in [6, 6.07) is 5.80. The summed E-state index contributed by atoms with van der Waals surface area (Å²) in [5, 5.41) is 2.63. The van der Waals surface area contributed by atoms with E-state index in [1.165, 1.54) is 25.8 Å². The first-order valence-corrected chi connectivity index (χ1v) is 8.72. The van der Waals surface area contributed by atoms with E-state index in [2.05, 4.69) is 5.32 Å². The van der Waals surface area contributed by atoms with Crippen molar-refractivity contribution >= 4 is 29.5 Å². The van der Waals surface area contributed by atoms with Crippen LogP contribution < -0.4 is 15.8 Å². The number of carbonyl (C=O) groups excluding carboxylic acids is 3. The summed E-state index contributed by atoms with van der Waals surface area (Å²) < 4.78 is 10.1. The van der Waals surface area contributed by atoms with Crippen LogP contribution in [-0.4, -0.2) is 49.0 Å². The number of methoxy groups -OCH3 is 1. The van der Waals surface area contributed by atoms with Gasteiger partial charge in [0.1, 0.15) is 11.8 Å². The molecule has 0 aromatic heterocycles. The molecular formula is C16H22N2O5S. The molecule has 0 aliphatic carbocycles. The lowest BCUT2D eigenvalue weighted by atomic mass is 10.1. The van der Waals surface area contributed by atoms with E-state index in [1.54, 1.807) is 24.3 Å². The number of nitrogens with two attached hydrogens (primary N) is 1. The Kier molecular flexibility index (Phi) is 8.11. The van der Waals surface area contributed by atoms with Crippen molar-refractivity contribution in [3.05, 3.63) is 29.8 Å². The largest absolute Gasteiger partial charge is 0.496 e. The minimum Gasteiger partial charge on any atom is -0.496 e. The van der Waals surface area contributed by atoms with E-state index >= 15 is 0 Å². The quantitative estimate of drug-likeness (QED) is 0.640. The number of para-hydroxylation sites is 1. The molecule has 0 radical (unpaired) electrons. The fourth-order valence-electron chi connectivity index (χ4n) is 1.87. The number of esters is 1. The first-order valence-electron chi connectivity index (χ1n) is 7.33. The van der Waals surface area contributed by atoms with Crippen molar-refractivity contribution < 1.29 is 23.9 Å². The molecule has 8 heteroatoms. The average Bonchev–Trinajstić information content (AvgIpc) is 2.57. The van der Waals surface area contributed by atoms with Gasteiger partial charge in [0.25, 0.3) is 11.8 Å². The van der Waals surface area contributed by atoms with E-state index in [4.69, 9.17) is 15.2 Å². The second-order valence-electron chi connectivity index (χ2n) is 4.99. The maximum Gasteiger partial charge on any atom is 0.329 e. The Bertz CT molecular complexity index is 594. The molecular weight excluding hydrogens is 332 g/mol. The maximum atomic E-state index is 12.4. The van der Waals surface area contributed by atoms with E-state index in [0.29, 0.717) is 23.5 Å². The number of amides is 2. The van der Waals surface area contributed by atoms with Crippen molar-refractivity contribution in [3.63, 3.8) is 0 Å². The van der Waals surface area contributed by atoms with E-state index in [-0.39, 0.29) is 0 Å². The molecule has 24 heavy (non-hydrogen) atoms. The summed E-state index contributed by atoms with van der Waals surface area (Å²) in [7, 11) is 1.46. The molecule has 1 rings (SSSR count). The second-order valence-corrected chi connectivity index (χ2v) is 5.97. The zero-order chi connectivity index (χ0) is 18.1. The van der Waals surface area contributed by atoms with Crippen LogP contribution in [0.15, 0.2) is 24.3 Å². The van der Waals surface area contributed by atoms with Gasteiger partial charge in [0.05, 0.1) is 12.7 Å².